The van der Waals surface area contributed by atoms with Crippen molar-refractivity contribution in [2.24, 2.45) is 5.92 Å². The molecule has 0 aliphatic carbocycles. The minimum Gasteiger partial charge on any atom is -0.394 e. The predicted octanol–water partition coefficient (Wildman–Crippen LogP) is 8.78. The van der Waals surface area contributed by atoms with Crippen molar-refractivity contribution in [1.82, 2.24) is 5.32 Å². The molecule has 0 aromatic carbocycles. The number of hydrogen-bond donors (Lipinski definition) is 4. The Hall–Kier alpha value is -0.910. The normalized spacial score (nSPS) is 14.8. The molecule has 0 rings (SSSR count). The molecule has 5 heteroatoms. The van der Waals surface area contributed by atoms with Crippen molar-refractivity contribution in [3.8, 4) is 0 Å². The van der Waals surface area contributed by atoms with E-state index in [4.69, 9.17) is 0 Å². The van der Waals surface area contributed by atoms with Crippen molar-refractivity contribution in [1.29, 1.82) is 0 Å². The van der Waals surface area contributed by atoms with Gasteiger partial charge in [0.15, 0.2) is 0 Å². The molecule has 0 bridgehead atoms. The van der Waals surface area contributed by atoms with Gasteiger partial charge in [0.1, 0.15) is 6.10 Å². The van der Waals surface area contributed by atoms with E-state index in [-0.39, 0.29) is 6.61 Å². The van der Waals surface area contributed by atoms with Crippen LogP contribution in [-0.2, 0) is 4.79 Å². The maximum atomic E-state index is 12.3. The van der Waals surface area contributed by atoms with Crippen LogP contribution in [0.3, 0.4) is 0 Å². The van der Waals surface area contributed by atoms with Crippen molar-refractivity contribution >= 4 is 5.91 Å². The number of carbonyl (C=O) groups excluding carboxylic acids is 1. The van der Waals surface area contributed by atoms with Crippen LogP contribution < -0.4 is 5.32 Å². The summed E-state index contributed by atoms with van der Waals surface area (Å²) in [5.74, 6) is 0.366. The lowest BCUT2D eigenvalue weighted by atomic mass is 9.99. The van der Waals surface area contributed by atoms with E-state index >= 15 is 0 Å². The van der Waals surface area contributed by atoms with Crippen molar-refractivity contribution in [2.45, 2.75) is 193 Å². The minimum atomic E-state index is -1.09. The number of carbonyl (C=O) groups is 1. The van der Waals surface area contributed by atoms with Crippen LogP contribution in [0.2, 0.25) is 0 Å². The average molecular weight is 568 g/mol. The molecule has 40 heavy (non-hydrogen) atoms. The molecular formula is C35H69NO4. The van der Waals surface area contributed by atoms with Gasteiger partial charge in [0.05, 0.1) is 18.8 Å². The molecule has 0 aromatic heterocycles. The monoisotopic (exact) mass is 568 g/mol. The zero-order valence-electron chi connectivity index (χ0n) is 26.9. The third-order valence-electron chi connectivity index (χ3n) is 8.42. The summed E-state index contributed by atoms with van der Waals surface area (Å²) in [5, 5.41) is 32.9. The Morgan fingerprint density at radius 2 is 1.12 bits per heavy atom. The summed E-state index contributed by atoms with van der Waals surface area (Å²) in [7, 11) is 0. The summed E-state index contributed by atoms with van der Waals surface area (Å²) in [6.07, 6.45) is 30.7. The topological polar surface area (TPSA) is 89.8 Å². The van der Waals surface area contributed by atoms with Gasteiger partial charge in [0.25, 0.3) is 0 Å². The van der Waals surface area contributed by atoms with Crippen LogP contribution in [0.4, 0.5) is 0 Å². The summed E-state index contributed by atoms with van der Waals surface area (Å²) >= 11 is 0. The van der Waals surface area contributed by atoms with Gasteiger partial charge in [-0.05, 0) is 25.2 Å². The van der Waals surface area contributed by atoms with Gasteiger partial charge in [0, 0.05) is 0 Å². The van der Waals surface area contributed by atoms with E-state index < -0.39 is 24.2 Å². The highest BCUT2D eigenvalue weighted by Gasteiger charge is 2.22. The molecule has 0 saturated carbocycles. The molecule has 4 atom stereocenters. The number of rotatable bonds is 30. The third kappa shape index (κ3) is 24.9. The summed E-state index contributed by atoms with van der Waals surface area (Å²) < 4.78 is 0. The van der Waals surface area contributed by atoms with E-state index in [1.54, 1.807) is 6.08 Å². The molecule has 0 aliphatic heterocycles. The maximum absolute atomic E-state index is 12.3. The lowest BCUT2D eigenvalue weighted by Crippen LogP contribution is -2.48. The minimum absolute atomic E-state index is 0.361. The van der Waals surface area contributed by atoms with Crippen LogP contribution in [0, 0.1) is 5.92 Å². The molecule has 4 N–H and O–H groups in total. The molecule has 238 valence electrons. The molecule has 0 fully saturated rings. The largest absolute Gasteiger partial charge is 0.394 e. The summed E-state index contributed by atoms with van der Waals surface area (Å²) in [5.41, 5.74) is 0. The average Bonchev–Trinajstić information content (AvgIpc) is 2.96. The lowest BCUT2D eigenvalue weighted by Gasteiger charge is -2.21. The standard InChI is InChI=1S/C35H69NO4/c1-4-6-7-8-9-10-11-12-17-20-23-26-29-34(39)35(40)36-32(30-37)33(38)28-25-22-19-16-14-13-15-18-21-24-27-31(3)5-2/h25,28,31-34,37-39H,4-24,26-27,29-30H2,1-3H3,(H,36,40)/b28-25+/t31?,32?,33-,34-/m1/s1. The second kappa shape index (κ2) is 29.6. The van der Waals surface area contributed by atoms with Gasteiger partial charge in [-0.1, -0.05) is 168 Å². The van der Waals surface area contributed by atoms with E-state index in [0.717, 1.165) is 38.0 Å². The predicted molar refractivity (Wildman–Crippen MR) is 171 cm³/mol. The van der Waals surface area contributed by atoms with Crippen molar-refractivity contribution in [3.63, 3.8) is 0 Å². The Bertz CT molecular complexity index is 568. The van der Waals surface area contributed by atoms with Gasteiger partial charge < -0.3 is 20.6 Å². The van der Waals surface area contributed by atoms with Crippen molar-refractivity contribution in [3.05, 3.63) is 12.2 Å². The molecule has 0 aliphatic rings. The van der Waals surface area contributed by atoms with Crippen molar-refractivity contribution < 1.29 is 20.1 Å². The first kappa shape index (κ1) is 39.1. The second-order valence-electron chi connectivity index (χ2n) is 12.3. The molecule has 0 aromatic rings. The highest BCUT2D eigenvalue weighted by atomic mass is 16.3. The number of aliphatic hydroxyl groups excluding tert-OH is 3. The highest BCUT2D eigenvalue weighted by Crippen LogP contribution is 2.16. The van der Waals surface area contributed by atoms with Gasteiger partial charge in [-0.25, -0.2) is 0 Å². The molecule has 0 spiro atoms. The first-order valence-electron chi connectivity index (χ1n) is 17.4. The quantitative estimate of drug-likeness (QED) is 0.0516. The Kier molecular flexibility index (Phi) is 28.9. The Morgan fingerprint density at radius 1 is 0.675 bits per heavy atom. The van der Waals surface area contributed by atoms with E-state index in [9.17, 15) is 20.1 Å². The van der Waals surface area contributed by atoms with E-state index in [2.05, 4.69) is 26.1 Å². The fourth-order valence-corrected chi connectivity index (χ4v) is 5.22. The van der Waals surface area contributed by atoms with Gasteiger partial charge in [0.2, 0.25) is 5.91 Å². The van der Waals surface area contributed by atoms with Gasteiger partial charge in [-0.2, -0.15) is 0 Å². The molecule has 0 radical (unpaired) electrons. The number of allylic oxidation sites excluding steroid dienone is 1. The van der Waals surface area contributed by atoms with E-state index in [1.807, 2.05) is 6.08 Å². The summed E-state index contributed by atoms with van der Waals surface area (Å²) in [6.45, 7) is 6.51. The van der Waals surface area contributed by atoms with Crippen LogP contribution in [0.15, 0.2) is 12.2 Å². The van der Waals surface area contributed by atoms with Gasteiger partial charge in [-0.3, -0.25) is 4.79 Å². The zero-order chi connectivity index (χ0) is 29.7. The number of hydrogen-bond acceptors (Lipinski definition) is 4. The number of amides is 1. The molecule has 0 heterocycles. The third-order valence-corrected chi connectivity index (χ3v) is 8.42. The number of unbranched alkanes of at least 4 members (excludes halogenated alkanes) is 19. The first-order valence-corrected chi connectivity index (χ1v) is 17.4. The van der Waals surface area contributed by atoms with Gasteiger partial charge in [-0.15, -0.1) is 0 Å². The second-order valence-corrected chi connectivity index (χ2v) is 12.3. The maximum Gasteiger partial charge on any atom is 0.249 e. The van der Waals surface area contributed by atoms with Crippen LogP contribution >= 0.6 is 0 Å². The summed E-state index contributed by atoms with van der Waals surface area (Å²) in [4.78, 5) is 12.3. The smallest absolute Gasteiger partial charge is 0.249 e. The molecule has 0 saturated heterocycles. The van der Waals surface area contributed by atoms with Crippen LogP contribution in [0.1, 0.15) is 175 Å². The molecule has 1 amide bonds. The fourth-order valence-electron chi connectivity index (χ4n) is 5.22. The molecular weight excluding hydrogens is 498 g/mol. The van der Waals surface area contributed by atoms with E-state index in [0.29, 0.717) is 6.42 Å². The summed E-state index contributed by atoms with van der Waals surface area (Å²) in [6, 6.07) is -0.791. The van der Waals surface area contributed by atoms with Crippen LogP contribution in [0.25, 0.3) is 0 Å². The number of aliphatic hydroxyl groups is 3. The molecule has 2 unspecified atom stereocenters. The molecule has 5 nitrogen and oxygen atoms in total. The zero-order valence-corrected chi connectivity index (χ0v) is 26.9. The van der Waals surface area contributed by atoms with Gasteiger partial charge >= 0.3 is 0 Å². The van der Waals surface area contributed by atoms with E-state index in [1.165, 1.54) is 116 Å². The fraction of sp³-hybridized carbons (Fsp3) is 0.914. The SMILES string of the molecule is CCCCCCCCCCCCCC[C@@H](O)C(=O)NC(CO)[C@H](O)/C=C/CCCCCCCCCCC(C)CC. The van der Waals surface area contributed by atoms with Crippen LogP contribution in [0.5, 0.6) is 0 Å². The van der Waals surface area contributed by atoms with Crippen LogP contribution in [-0.4, -0.2) is 46.1 Å². The first-order chi connectivity index (χ1) is 19.5. The number of nitrogens with one attached hydrogen (secondary N) is 1. The lowest BCUT2D eigenvalue weighted by molar-refractivity contribution is -0.131. The highest BCUT2D eigenvalue weighted by molar-refractivity contribution is 5.80. The Balaban J connectivity index is 3.79. The Labute approximate surface area is 249 Å². The Morgan fingerprint density at radius 3 is 1.60 bits per heavy atom. The van der Waals surface area contributed by atoms with Crippen molar-refractivity contribution in [2.75, 3.05) is 6.61 Å².